The first-order valence-corrected chi connectivity index (χ1v) is 15.7. The van der Waals surface area contributed by atoms with Gasteiger partial charge in [-0.2, -0.15) is 4.31 Å². The van der Waals surface area contributed by atoms with Gasteiger partial charge in [0.1, 0.15) is 22.1 Å². The molecular weight excluding hydrogens is 592 g/mol. The maximum absolute atomic E-state index is 14.5. The highest BCUT2D eigenvalue weighted by molar-refractivity contribution is 7.89. The van der Waals surface area contributed by atoms with Gasteiger partial charge in [0, 0.05) is 61.3 Å². The number of rotatable bonds is 6. The standard InChI is InChI=1S/C30H29ClN6O5S/c1-35-13-11-22-26(28(38)33-19-10-12-32-25(31)14-19)36(2)29(27(22)35)43(40,41)37-20-8-9-21(37)17-30(39,16-20)24-15-23(42-34-24)18-6-4-3-5-7-18/h3-7,10-15,20-21,39H,8-9,16-17H2,1-2H3,(H,32,33,38). The van der Waals surface area contributed by atoms with Crippen LogP contribution >= 0.6 is 11.6 Å². The van der Waals surface area contributed by atoms with Gasteiger partial charge in [-0.25, -0.2) is 13.4 Å². The zero-order valence-electron chi connectivity index (χ0n) is 23.4. The second kappa shape index (κ2) is 10.1. The van der Waals surface area contributed by atoms with E-state index in [1.807, 2.05) is 30.3 Å². The molecule has 0 aliphatic carbocycles. The number of anilines is 1. The van der Waals surface area contributed by atoms with Crippen molar-refractivity contribution in [1.29, 1.82) is 0 Å². The third-order valence-electron chi connectivity index (χ3n) is 8.64. The number of nitrogens with zero attached hydrogens (tertiary/aromatic N) is 5. The van der Waals surface area contributed by atoms with Crippen molar-refractivity contribution < 1.29 is 22.8 Å². The molecule has 222 valence electrons. The molecule has 4 aromatic heterocycles. The summed E-state index contributed by atoms with van der Waals surface area (Å²) in [5.74, 6) is 0.0693. The Bertz CT molecular complexity index is 1970. The minimum absolute atomic E-state index is 0.0306. The van der Waals surface area contributed by atoms with Gasteiger partial charge >= 0.3 is 0 Å². The molecule has 0 radical (unpaired) electrons. The fourth-order valence-corrected chi connectivity index (χ4v) is 9.24. The Kier molecular flexibility index (Phi) is 6.51. The van der Waals surface area contributed by atoms with Crippen molar-refractivity contribution in [2.45, 2.75) is 48.4 Å². The van der Waals surface area contributed by atoms with Crippen LogP contribution in [-0.4, -0.2) is 55.1 Å². The van der Waals surface area contributed by atoms with Crippen molar-refractivity contribution in [3.63, 3.8) is 0 Å². The molecule has 1 amide bonds. The van der Waals surface area contributed by atoms with Crippen LogP contribution in [0.3, 0.4) is 0 Å². The average molecular weight is 621 g/mol. The molecule has 2 aliphatic heterocycles. The molecule has 0 saturated carbocycles. The largest absolute Gasteiger partial charge is 0.383 e. The molecule has 0 spiro atoms. The molecule has 1 aromatic carbocycles. The molecule has 11 nitrogen and oxygen atoms in total. The van der Waals surface area contributed by atoms with Crippen LogP contribution in [-0.2, 0) is 29.7 Å². The monoisotopic (exact) mass is 620 g/mol. The zero-order valence-corrected chi connectivity index (χ0v) is 25.0. The minimum Gasteiger partial charge on any atom is -0.383 e. The number of piperidine rings is 1. The Morgan fingerprint density at radius 1 is 1.09 bits per heavy atom. The number of pyridine rings is 1. The molecule has 2 N–H and O–H groups in total. The second-order valence-electron chi connectivity index (χ2n) is 11.3. The number of aliphatic hydroxyl groups is 1. The van der Waals surface area contributed by atoms with Gasteiger partial charge in [0.25, 0.3) is 15.9 Å². The van der Waals surface area contributed by atoms with Gasteiger partial charge in [-0.05, 0) is 43.9 Å². The topological polar surface area (TPSA) is 135 Å². The highest BCUT2D eigenvalue weighted by Crippen LogP contribution is 2.49. The van der Waals surface area contributed by atoms with Gasteiger partial charge in [-0.3, -0.25) is 4.79 Å². The summed E-state index contributed by atoms with van der Waals surface area (Å²) in [5.41, 5.74) is 0.994. The first-order valence-electron chi connectivity index (χ1n) is 13.9. The summed E-state index contributed by atoms with van der Waals surface area (Å²) >= 11 is 5.99. The fourth-order valence-electron chi connectivity index (χ4n) is 6.79. The Hall–Kier alpha value is -3.97. The quantitative estimate of drug-likeness (QED) is 0.263. The highest BCUT2D eigenvalue weighted by atomic mass is 35.5. The predicted octanol–water partition coefficient (Wildman–Crippen LogP) is 4.68. The van der Waals surface area contributed by atoms with Crippen molar-refractivity contribution >= 4 is 44.1 Å². The molecule has 2 fully saturated rings. The molecule has 2 atom stereocenters. The van der Waals surface area contributed by atoms with E-state index in [0.717, 1.165) is 5.56 Å². The van der Waals surface area contributed by atoms with Crippen LogP contribution in [0, 0.1) is 0 Å². The van der Waals surface area contributed by atoms with Gasteiger partial charge < -0.3 is 24.1 Å². The van der Waals surface area contributed by atoms with Crippen molar-refractivity contribution in [2.24, 2.45) is 14.1 Å². The first-order chi connectivity index (χ1) is 20.6. The van der Waals surface area contributed by atoms with E-state index >= 15 is 0 Å². The predicted molar refractivity (Wildman–Crippen MR) is 160 cm³/mol. The van der Waals surface area contributed by atoms with Crippen LogP contribution in [0.25, 0.3) is 22.2 Å². The van der Waals surface area contributed by atoms with Crippen LogP contribution in [0.4, 0.5) is 5.69 Å². The van der Waals surface area contributed by atoms with E-state index in [1.165, 1.54) is 21.1 Å². The molecule has 5 aromatic rings. The number of hydrogen-bond acceptors (Lipinski definition) is 7. The number of halogens is 1. The van der Waals surface area contributed by atoms with E-state index in [1.54, 1.807) is 43.1 Å². The number of aryl methyl sites for hydroxylation is 1. The zero-order chi connectivity index (χ0) is 30.1. The molecule has 2 bridgehead atoms. The number of fused-ring (bicyclic) bond motifs is 3. The summed E-state index contributed by atoms with van der Waals surface area (Å²) in [6.07, 6.45) is 4.79. The first kappa shape index (κ1) is 27.8. The number of amides is 1. The molecule has 2 aliphatic rings. The van der Waals surface area contributed by atoms with Crippen molar-refractivity contribution in [3.8, 4) is 11.3 Å². The number of benzene rings is 1. The molecule has 6 heterocycles. The molecular formula is C30H29ClN6O5S. The van der Waals surface area contributed by atoms with Crippen molar-refractivity contribution in [3.05, 3.63) is 83.5 Å². The van der Waals surface area contributed by atoms with Crippen LogP contribution < -0.4 is 5.32 Å². The lowest BCUT2D eigenvalue weighted by molar-refractivity contribution is -0.0393. The SMILES string of the molecule is Cn1c(C(=O)Nc2ccnc(Cl)c2)c2ccn(C)c2c1S(=O)(=O)N1C2CCC1CC(O)(c1cc(-c3ccccc3)on1)C2. The average Bonchev–Trinajstić information content (AvgIpc) is 3.73. The maximum Gasteiger partial charge on any atom is 0.273 e. The van der Waals surface area contributed by atoms with Crippen LogP contribution in [0.15, 0.2) is 76.5 Å². The smallest absolute Gasteiger partial charge is 0.273 e. The van der Waals surface area contributed by atoms with E-state index in [0.29, 0.717) is 40.9 Å². The van der Waals surface area contributed by atoms with Crippen molar-refractivity contribution in [2.75, 3.05) is 5.32 Å². The summed E-state index contributed by atoms with van der Waals surface area (Å²) in [6.45, 7) is 0. The highest BCUT2D eigenvalue weighted by Gasteiger charge is 2.55. The maximum atomic E-state index is 14.5. The Morgan fingerprint density at radius 2 is 1.81 bits per heavy atom. The van der Waals surface area contributed by atoms with Gasteiger partial charge in [-0.1, -0.05) is 47.1 Å². The molecule has 13 heteroatoms. The lowest BCUT2D eigenvalue weighted by atomic mass is 9.84. The lowest BCUT2D eigenvalue weighted by Crippen LogP contribution is -2.52. The number of carbonyl (C=O) groups is 1. The van der Waals surface area contributed by atoms with E-state index in [-0.39, 0.29) is 28.7 Å². The summed E-state index contributed by atoms with van der Waals surface area (Å²) in [4.78, 5) is 17.4. The molecule has 2 unspecified atom stereocenters. The minimum atomic E-state index is -4.10. The van der Waals surface area contributed by atoms with Gasteiger partial charge in [-0.15, -0.1) is 0 Å². The number of nitrogens with one attached hydrogen (secondary N) is 1. The van der Waals surface area contributed by atoms with Gasteiger partial charge in [0.15, 0.2) is 10.8 Å². The van der Waals surface area contributed by atoms with E-state index in [2.05, 4.69) is 15.5 Å². The van der Waals surface area contributed by atoms with Crippen LogP contribution in [0.2, 0.25) is 5.15 Å². The summed E-state index contributed by atoms with van der Waals surface area (Å²) in [5, 5.41) is 19.6. The number of carbonyl (C=O) groups excluding carboxylic acids is 1. The van der Waals surface area contributed by atoms with Crippen molar-refractivity contribution in [1.82, 2.24) is 23.6 Å². The fraction of sp³-hybridized carbons (Fsp3) is 0.300. The number of sulfonamides is 1. The van der Waals surface area contributed by atoms with Gasteiger partial charge in [0.2, 0.25) is 0 Å². The molecule has 7 rings (SSSR count). The van der Waals surface area contributed by atoms with E-state index in [4.69, 9.17) is 16.1 Å². The Labute approximate surface area is 252 Å². The molecule has 2 saturated heterocycles. The second-order valence-corrected chi connectivity index (χ2v) is 13.5. The summed E-state index contributed by atoms with van der Waals surface area (Å²) in [6, 6.07) is 15.2. The number of hydrogen-bond donors (Lipinski definition) is 2. The summed E-state index contributed by atoms with van der Waals surface area (Å²) in [7, 11) is -0.759. The summed E-state index contributed by atoms with van der Waals surface area (Å²) < 4.78 is 39.3. The normalized spacial score (nSPS) is 22.3. The van der Waals surface area contributed by atoms with E-state index in [9.17, 15) is 18.3 Å². The van der Waals surface area contributed by atoms with Crippen LogP contribution in [0.1, 0.15) is 41.9 Å². The Morgan fingerprint density at radius 3 is 2.51 bits per heavy atom. The third-order valence-corrected chi connectivity index (χ3v) is 11.0. The molecule has 43 heavy (non-hydrogen) atoms. The van der Waals surface area contributed by atoms with Crippen LogP contribution in [0.5, 0.6) is 0 Å². The van der Waals surface area contributed by atoms with Gasteiger partial charge in [0.05, 0.1) is 5.52 Å². The third kappa shape index (κ3) is 4.48. The number of aromatic nitrogens is 4. The Balaban J connectivity index is 1.23. The van der Waals surface area contributed by atoms with E-state index < -0.39 is 33.6 Å². The lowest BCUT2D eigenvalue weighted by Gasteiger charge is -2.41.